The van der Waals surface area contributed by atoms with Crippen LogP contribution >= 0.6 is 0 Å². The highest BCUT2D eigenvalue weighted by Gasteiger charge is 2.25. The lowest BCUT2D eigenvalue weighted by Gasteiger charge is -2.24. The van der Waals surface area contributed by atoms with Crippen molar-refractivity contribution < 1.29 is 8.42 Å². The van der Waals surface area contributed by atoms with E-state index in [-0.39, 0.29) is 17.7 Å². The van der Waals surface area contributed by atoms with Crippen LogP contribution in [0.2, 0.25) is 0 Å². The van der Waals surface area contributed by atoms with Gasteiger partial charge in [-0.15, -0.1) is 0 Å². The molecule has 1 rings (SSSR count). The topological polar surface area (TPSA) is 63.4 Å². The zero-order valence-electron chi connectivity index (χ0n) is 13.2. The summed E-state index contributed by atoms with van der Waals surface area (Å²) in [4.78, 5) is 0. The fraction of sp³-hybridized carbons (Fsp3) is 0.500. The molecule has 0 spiro atoms. The molecular formula is C16H24N2O2S. The molecule has 0 atom stereocenters. The summed E-state index contributed by atoms with van der Waals surface area (Å²) in [7, 11) is -1.69. The van der Waals surface area contributed by atoms with E-state index in [1.54, 1.807) is 7.05 Å². The molecule has 116 valence electrons. The van der Waals surface area contributed by atoms with Gasteiger partial charge < -0.3 is 5.73 Å². The van der Waals surface area contributed by atoms with Gasteiger partial charge >= 0.3 is 0 Å². The molecule has 4 nitrogen and oxygen atoms in total. The molecule has 0 radical (unpaired) electrons. The van der Waals surface area contributed by atoms with E-state index < -0.39 is 10.0 Å². The van der Waals surface area contributed by atoms with Crippen molar-refractivity contribution in [3.63, 3.8) is 0 Å². The summed E-state index contributed by atoms with van der Waals surface area (Å²) < 4.78 is 26.1. The maximum atomic E-state index is 12.3. The Bertz CT molecular complexity index is 634. The average molecular weight is 308 g/mol. The van der Waals surface area contributed by atoms with Crippen LogP contribution in [0.25, 0.3) is 0 Å². The summed E-state index contributed by atoms with van der Waals surface area (Å²) in [6.45, 7) is 6.34. The molecule has 0 aliphatic heterocycles. The van der Waals surface area contributed by atoms with E-state index in [4.69, 9.17) is 5.73 Å². The highest BCUT2D eigenvalue weighted by Crippen LogP contribution is 2.20. The van der Waals surface area contributed by atoms with Gasteiger partial charge in [0.1, 0.15) is 0 Å². The average Bonchev–Trinajstić information content (AvgIpc) is 2.35. The maximum Gasteiger partial charge on any atom is 0.214 e. The van der Waals surface area contributed by atoms with Gasteiger partial charge in [-0.1, -0.05) is 50.8 Å². The molecule has 0 bridgehead atoms. The van der Waals surface area contributed by atoms with Crippen LogP contribution in [-0.4, -0.2) is 32.1 Å². The monoisotopic (exact) mass is 308 g/mol. The van der Waals surface area contributed by atoms with E-state index in [1.807, 2.05) is 45.0 Å². The number of rotatable bonds is 4. The van der Waals surface area contributed by atoms with Crippen molar-refractivity contribution in [2.75, 3.05) is 19.3 Å². The third kappa shape index (κ3) is 5.88. The Kier molecular flexibility index (Phi) is 5.97. The van der Waals surface area contributed by atoms with Crippen LogP contribution in [-0.2, 0) is 16.6 Å². The van der Waals surface area contributed by atoms with Gasteiger partial charge in [0, 0.05) is 19.2 Å². The SMILES string of the molecule is CN(Cc1ccccc1C#CCN)S(=O)(=O)CC(C)(C)C. The number of benzene rings is 1. The molecule has 1 aromatic rings. The summed E-state index contributed by atoms with van der Waals surface area (Å²) in [5.74, 6) is 5.90. The number of sulfonamides is 1. The Balaban J connectivity index is 2.96. The Morgan fingerprint density at radius 1 is 1.24 bits per heavy atom. The minimum Gasteiger partial charge on any atom is -0.320 e. The smallest absolute Gasteiger partial charge is 0.214 e. The Hall–Kier alpha value is -1.35. The van der Waals surface area contributed by atoms with Crippen molar-refractivity contribution in [3.8, 4) is 11.8 Å². The van der Waals surface area contributed by atoms with Crippen molar-refractivity contribution in [2.24, 2.45) is 11.1 Å². The van der Waals surface area contributed by atoms with Gasteiger partial charge in [-0.2, -0.15) is 0 Å². The van der Waals surface area contributed by atoms with Crippen molar-refractivity contribution in [1.82, 2.24) is 4.31 Å². The molecule has 0 aliphatic rings. The van der Waals surface area contributed by atoms with Crippen LogP contribution in [0.4, 0.5) is 0 Å². The third-order valence-corrected chi connectivity index (χ3v) is 5.14. The minimum atomic E-state index is -3.29. The maximum absolute atomic E-state index is 12.3. The molecule has 5 heteroatoms. The fourth-order valence-corrected chi connectivity index (χ4v) is 3.57. The summed E-state index contributed by atoms with van der Waals surface area (Å²) in [5.41, 5.74) is 6.82. The molecule has 0 amide bonds. The van der Waals surface area contributed by atoms with Gasteiger partial charge in [0.2, 0.25) is 10.0 Å². The second kappa shape index (κ2) is 7.08. The van der Waals surface area contributed by atoms with Crippen LogP contribution in [0.5, 0.6) is 0 Å². The first-order valence-corrected chi connectivity index (χ1v) is 8.47. The van der Waals surface area contributed by atoms with Crippen LogP contribution in [0.3, 0.4) is 0 Å². The molecule has 2 N–H and O–H groups in total. The van der Waals surface area contributed by atoms with Crippen LogP contribution in [0.1, 0.15) is 31.9 Å². The van der Waals surface area contributed by atoms with Gasteiger partial charge in [0.25, 0.3) is 0 Å². The Morgan fingerprint density at radius 2 is 1.86 bits per heavy atom. The van der Waals surface area contributed by atoms with E-state index in [9.17, 15) is 8.42 Å². The fourth-order valence-electron chi connectivity index (χ4n) is 1.92. The summed E-state index contributed by atoms with van der Waals surface area (Å²) in [6.07, 6.45) is 0. The largest absolute Gasteiger partial charge is 0.320 e. The normalized spacial score (nSPS) is 12.1. The highest BCUT2D eigenvalue weighted by atomic mass is 32.2. The predicted octanol–water partition coefficient (Wildman–Crippen LogP) is 1.80. The second-order valence-corrected chi connectivity index (χ2v) is 8.31. The lowest BCUT2D eigenvalue weighted by Crippen LogP contribution is -2.34. The van der Waals surface area contributed by atoms with E-state index in [0.29, 0.717) is 6.54 Å². The second-order valence-electron chi connectivity index (χ2n) is 6.24. The van der Waals surface area contributed by atoms with Gasteiger partial charge in [-0.25, -0.2) is 12.7 Å². The van der Waals surface area contributed by atoms with Crippen molar-refractivity contribution in [2.45, 2.75) is 27.3 Å². The van der Waals surface area contributed by atoms with Gasteiger partial charge in [0.05, 0.1) is 12.3 Å². The van der Waals surface area contributed by atoms with Gasteiger partial charge in [0.15, 0.2) is 0 Å². The molecule has 1 aromatic carbocycles. The predicted molar refractivity (Wildman–Crippen MR) is 87.1 cm³/mol. The lowest BCUT2D eigenvalue weighted by molar-refractivity contribution is 0.419. The van der Waals surface area contributed by atoms with Gasteiger partial charge in [-0.05, 0) is 17.0 Å². The number of nitrogens with two attached hydrogens (primary N) is 1. The number of nitrogens with zero attached hydrogens (tertiary/aromatic N) is 1. The Morgan fingerprint density at radius 3 is 2.43 bits per heavy atom. The zero-order chi connectivity index (χ0) is 16.1. The molecule has 0 aromatic heterocycles. The molecule has 21 heavy (non-hydrogen) atoms. The van der Waals surface area contributed by atoms with E-state index in [0.717, 1.165) is 11.1 Å². The quantitative estimate of drug-likeness (QED) is 0.863. The van der Waals surface area contributed by atoms with Crippen molar-refractivity contribution >= 4 is 10.0 Å². The molecule has 0 aliphatic carbocycles. The van der Waals surface area contributed by atoms with Crippen LogP contribution in [0.15, 0.2) is 24.3 Å². The molecular weight excluding hydrogens is 284 g/mol. The van der Waals surface area contributed by atoms with E-state index in [2.05, 4.69) is 11.8 Å². The molecule has 0 fully saturated rings. The van der Waals surface area contributed by atoms with Crippen LogP contribution < -0.4 is 5.73 Å². The Labute approximate surface area is 128 Å². The minimum absolute atomic E-state index is 0.118. The number of hydrogen-bond acceptors (Lipinski definition) is 3. The van der Waals surface area contributed by atoms with Crippen molar-refractivity contribution in [1.29, 1.82) is 0 Å². The van der Waals surface area contributed by atoms with Crippen LogP contribution in [0, 0.1) is 17.3 Å². The first-order valence-electron chi connectivity index (χ1n) is 6.86. The van der Waals surface area contributed by atoms with E-state index in [1.165, 1.54) is 4.31 Å². The standard InChI is InChI=1S/C16H24N2O2S/c1-16(2,3)13-21(19,20)18(4)12-15-9-6-5-8-14(15)10-7-11-17/h5-6,8-9H,11-13,17H2,1-4H3. The first-order chi connectivity index (χ1) is 9.65. The summed E-state index contributed by atoms with van der Waals surface area (Å²) in [6, 6.07) is 7.53. The molecule has 0 unspecified atom stereocenters. The molecule has 0 saturated carbocycles. The summed E-state index contributed by atoms with van der Waals surface area (Å²) in [5, 5.41) is 0. The highest BCUT2D eigenvalue weighted by molar-refractivity contribution is 7.89. The van der Waals surface area contributed by atoms with E-state index >= 15 is 0 Å². The third-order valence-electron chi connectivity index (χ3n) is 2.83. The molecule has 0 saturated heterocycles. The molecule has 0 heterocycles. The summed E-state index contributed by atoms with van der Waals surface area (Å²) >= 11 is 0. The lowest BCUT2D eigenvalue weighted by atomic mass is 10.0. The van der Waals surface area contributed by atoms with Gasteiger partial charge in [-0.3, -0.25) is 0 Å². The zero-order valence-corrected chi connectivity index (χ0v) is 14.0. The first kappa shape index (κ1) is 17.7. The van der Waals surface area contributed by atoms with Crippen molar-refractivity contribution in [3.05, 3.63) is 35.4 Å². The number of hydrogen-bond donors (Lipinski definition) is 1.